The summed E-state index contributed by atoms with van der Waals surface area (Å²) >= 11 is 0. The Morgan fingerprint density at radius 1 is 1.28 bits per heavy atom. The quantitative estimate of drug-likeness (QED) is 0.893. The first-order valence-electron chi connectivity index (χ1n) is 8.29. The third-order valence-electron chi connectivity index (χ3n) is 4.66. The van der Waals surface area contributed by atoms with Crippen molar-refractivity contribution in [2.24, 2.45) is 0 Å². The molecule has 0 radical (unpaired) electrons. The zero-order valence-electron chi connectivity index (χ0n) is 13.7. The van der Waals surface area contributed by atoms with E-state index < -0.39 is 23.9 Å². The number of morpholine rings is 1. The second-order valence-electron chi connectivity index (χ2n) is 6.46. The number of alkyl halides is 3. The molecule has 1 N–H and O–H groups in total. The lowest BCUT2D eigenvalue weighted by molar-refractivity contribution is -0.137. The van der Waals surface area contributed by atoms with Gasteiger partial charge in [0.15, 0.2) is 0 Å². The number of halogens is 3. The molecule has 0 aliphatic carbocycles. The van der Waals surface area contributed by atoms with E-state index in [0.717, 1.165) is 12.1 Å². The van der Waals surface area contributed by atoms with Crippen LogP contribution in [0.25, 0.3) is 0 Å². The van der Waals surface area contributed by atoms with Crippen LogP contribution in [0, 0.1) is 0 Å². The van der Waals surface area contributed by atoms with Crippen LogP contribution in [-0.4, -0.2) is 66.3 Å². The number of aliphatic hydroxyl groups is 1. The number of carbonyl (C=O) groups is 1. The van der Waals surface area contributed by atoms with Gasteiger partial charge in [0.2, 0.25) is 5.91 Å². The van der Waals surface area contributed by atoms with Gasteiger partial charge in [0.05, 0.1) is 37.5 Å². The van der Waals surface area contributed by atoms with E-state index in [9.17, 15) is 23.1 Å². The number of rotatable bonds is 3. The second-order valence-corrected chi connectivity index (χ2v) is 6.46. The maximum Gasteiger partial charge on any atom is 0.416 e. The molecule has 25 heavy (non-hydrogen) atoms. The summed E-state index contributed by atoms with van der Waals surface area (Å²) in [6.07, 6.45) is -4.92. The Hall–Kier alpha value is -1.64. The number of ether oxygens (including phenoxy) is 1. The highest BCUT2D eigenvalue weighted by atomic mass is 19.4. The van der Waals surface area contributed by atoms with Gasteiger partial charge in [0.1, 0.15) is 0 Å². The van der Waals surface area contributed by atoms with Gasteiger partial charge >= 0.3 is 6.18 Å². The zero-order chi connectivity index (χ0) is 18.0. The molecule has 138 valence electrons. The van der Waals surface area contributed by atoms with E-state index in [4.69, 9.17) is 4.74 Å². The Balaban J connectivity index is 1.76. The van der Waals surface area contributed by atoms with Crippen LogP contribution in [0.5, 0.6) is 0 Å². The number of benzene rings is 1. The lowest BCUT2D eigenvalue weighted by Gasteiger charge is -2.30. The Labute approximate surface area is 144 Å². The summed E-state index contributed by atoms with van der Waals surface area (Å²) in [6.45, 7) is 2.75. The Morgan fingerprint density at radius 2 is 2.00 bits per heavy atom. The van der Waals surface area contributed by atoms with E-state index >= 15 is 0 Å². The molecule has 2 heterocycles. The highest BCUT2D eigenvalue weighted by molar-refractivity contribution is 5.79. The summed E-state index contributed by atoms with van der Waals surface area (Å²) in [5.41, 5.74) is -0.339. The van der Waals surface area contributed by atoms with Crippen LogP contribution in [0.1, 0.15) is 23.6 Å². The van der Waals surface area contributed by atoms with Gasteiger partial charge in [-0.3, -0.25) is 9.69 Å². The minimum absolute atomic E-state index is 0.143. The predicted octanol–water partition coefficient (Wildman–Crippen LogP) is 1.67. The van der Waals surface area contributed by atoms with Gasteiger partial charge in [-0.1, -0.05) is 12.1 Å². The van der Waals surface area contributed by atoms with Crippen LogP contribution < -0.4 is 0 Å². The van der Waals surface area contributed by atoms with E-state index in [1.165, 1.54) is 11.0 Å². The van der Waals surface area contributed by atoms with Gasteiger partial charge in [-0.25, -0.2) is 0 Å². The van der Waals surface area contributed by atoms with E-state index in [1.54, 1.807) is 6.07 Å². The van der Waals surface area contributed by atoms with Crippen LogP contribution in [0.3, 0.4) is 0 Å². The Bertz CT molecular complexity index is 617. The van der Waals surface area contributed by atoms with Gasteiger partial charge in [-0.15, -0.1) is 0 Å². The molecule has 0 saturated carbocycles. The molecule has 2 aliphatic heterocycles. The van der Waals surface area contributed by atoms with Crippen LogP contribution in [0.15, 0.2) is 24.3 Å². The van der Waals surface area contributed by atoms with Crippen molar-refractivity contribution in [2.45, 2.75) is 24.7 Å². The molecule has 0 aromatic heterocycles. The smallest absolute Gasteiger partial charge is 0.391 e. The summed E-state index contributed by atoms with van der Waals surface area (Å²) in [4.78, 5) is 16.1. The topological polar surface area (TPSA) is 53.0 Å². The van der Waals surface area contributed by atoms with Gasteiger partial charge < -0.3 is 14.7 Å². The number of nitrogens with zero attached hydrogens (tertiary/aromatic N) is 2. The molecule has 5 nitrogen and oxygen atoms in total. The maximum absolute atomic E-state index is 12.9. The molecule has 0 spiro atoms. The fraction of sp³-hybridized carbons (Fsp3) is 0.588. The van der Waals surface area contributed by atoms with Gasteiger partial charge in [-0.05, 0) is 24.1 Å². The van der Waals surface area contributed by atoms with Crippen LogP contribution >= 0.6 is 0 Å². The minimum Gasteiger partial charge on any atom is -0.391 e. The molecule has 2 saturated heterocycles. The number of β-amino-alcohol motifs (C(OH)–C–C–N with tert-alkyl or cyclic N) is 1. The summed E-state index contributed by atoms with van der Waals surface area (Å²) in [5, 5.41) is 9.97. The fourth-order valence-corrected chi connectivity index (χ4v) is 3.37. The van der Waals surface area contributed by atoms with Crippen LogP contribution in [-0.2, 0) is 15.7 Å². The van der Waals surface area contributed by atoms with Crippen molar-refractivity contribution in [3.8, 4) is 0 Å². The van der Waals surface area contributed by atoms with Crippen molar-refractivity contribution in [3.05, 3.63) is 35.4 Å². The van der Waals surface area contributed by atoms with Gasteiger partial charge in [0.25, 0.3) is 0 Å². The molecule has 3 rings (SSSR count). The average Bonchev–Trinajstić information content (AvgIpc) is 2.97. The number of hydrogen-bond acceptors (Lipinski definition) is 4. The highest BCUT2D eigenvalue weighted by Crippen LogP contribution is 2.36. The van der Waals surface area contributed by atoms with Crippen molar-refractivity contribution in [3.63, 3.8) is 0 Å². The molecule has 1 aromatic rings. The molecule has 2 atom stereocenters. The summed E-state index contributed by atoms with van der Waals surface area (Å²) < 4.78 is 44.1. The van der Waals surface area contributed by atoms with Gasteiger partial charge in [0, 0.05) is 19.6 Å². The highest BCUT2D eigenvalue weighted by Gasteiger charge is 2.37. The number of hydrogen-bond donors (Lipinski definition) is 1. The van der Waals surface area contributed by atoms with E-state index in [-0.39, 0.29) is 25.4 Å². The van der Waals surface area contributed by atoms with Crippen molar-refractivity contribution >= 4 is 5.91 Å². The SMILES string of the molecule is O=C(CN1CCOCC1)N1C[C@@H](O)C[C@H]1c1cccc(C(F)(F)F)c1. The van der Waals surface area contributed by atoms with Crippen molar-refractivity contribution in [1.82, 2.24) is 9.80 Å². The monoisotopic (exact) mass is 358 g/mol. The molecule has 1 aromatic carbocycles. The van der Waals surface area contributed by atoms with Crippen molar-refractivity contribution in [2.75, 3.05) is 39.4 Å². The first-order chi connectivity index (χ1) is 11.8. The first kappa shape index (κ1) is 18.2. The third-order valence-corrected chi connectivity index (χ3v) is 4.66. The molecule has 0 unspecified atom stereocenters. The molecule has 1 amide bonds. The van der Waals surface area contributed by atoms with Crippen molar-refractivity contribution in [1.29, 1.82) is 0 Å². The largest absolute Gasteiger partial charge is 0.416 e. The molecule has 8 heteroatoms. The third kappa shape index (κ3) is 4.31. The fourth-order valence-electron chi connectivity index (χ4n) is 3.37. The first-order valence-corrected chi connectivity index (χ1v) is 8.29. The molecular weight excluding hydrogens is 337 g/mol. The average molecular weight is 358 g/mol. The van der Waals surface area contributed by atoms with Gasteiger partial charge in [-0.2, -0.15) is 13.2 Å². The standard InChI is InChI=1S/C17H21F3N2O3/c18-17(19,20)13-3-1-2-12(8-13)15-9-14(23)10-22(15)16(24)11-21-4-6-25-7-5-21/h1-3,8,14-15,23H,4-7,9-11H2/t14-,15-/m0/s1. The lowest BCUT2D eigenvalue weighted by Crippen LogP contribution is -2.44. The lowest BCUT2D eigenvalue weighted by atomic mass is 10.0. The normalized spacial score (nSPS) is 25.4. The summed E-state index contributed by atoms with van der Waals surface area (Å²) in [5.74, 6) is -0.180. The number of aliphatic hydroxyl groups excluding tert-OH is 1. The van der Waals surface area contributed by atoms with E-state index in [0.29, 0.717) is 31.9 Å². The number of likely N-dealkylation sites (tertiary alicyclic amines) is 1. The Kier molecular flexibility index (Phi) is 5.31. The Morgan fingerprint density at radius 3 is 2.68 bits per heavy atom. The minimum atomic E-state index is -4.43. The molecule has 2 fully saturated rings. The molecular formula is C17H21F3N2O3. The van der Waals surface area contributed by atoms with E-state index in [2.05, 4.69) is 0 Å². The summed E-state index contributed by atoms with van der Waals surface area (Å²) in [6, 6.07) is 4.46. The number of carbonyl (C=O) groups excluding carboxylic acids is 1. The zero-order valence-corrected chi connectivity index (χ0v) is 13.7. The summed E-state index contributed by atoms with van der Waals surface area (Å²) in [7, 11) is 0. The maximum atomic E-state index is 12.9. The molecule has 0 bridgehead atoms. The second kappa shape index (κ2) is 7.31. The number of amides is 1. The van der Waals surface area contributed by atoms with Crippen LogP contribution in [0.2, 0.25) is 0 Å². The van der Waals surface area contributed by atoms with Crippen LogP contribution in [0.4, 0.5) is 13.2 Å². The predicted molar refractivity (Wildman–Crippen MR) is 83.8 cm³/mol. The molecule has 2 aliphatic rings. The van der Waals surface area contributed by atoms with E-state index in [1.807, 2.05) is 4.90 Å². The van der Waals surface area contributed by atoms with Crippen molar-refractivity contribution < 1.29 is 27.8 Å².